The first-order chi connectivity index (χ1) is 13.4. The Kier molecular flexibility index (Phi) is 5.63. The van der Waals surface area contributed by atoms with Gasteiger partial charge in [-0.15, -0.1) is 0 Å². The van der Waals surface area contributed by atoms with Gasteiger partial charge in [-0.3, -0.25) is 9.59 Å². The predicted molar refractivity (Wildman–Crippen MR) is 104 cm³/mol. The van der Waals surface area contributed by atoms with Crippen LogP contribution in [0.5, 0.6) is 5.75 Å². The summed E-state index contributed by atoms with van der Waals surface area (Å²) < 4.78 is 9.90. The average Bonchev–Trinajstić information content (AvgIpc) is 3.49. The minimum Gasteiger partial charge on any atom is -0.495 e. The highest BCUT2D eigenvalue weighted by Gasteiger charge is 2.48. The van der Waals surface area contributed by atoms with Crippen LogP contribution < -0.4 is 15.4 Å². The van der Waals surface area contributed by atoms with Gasteiger partial charge in [0.1, 0.15) is 5.75 Å². The highest BCUT2D eigenvalue weighted by molar-refractivity contribution is 6.04. The largest absolute Gasteiger partial charge is 0.495 e. The summed E-state index contributed by atoms with van der Waals surface area (Å²) >= 11 is 0. The summed E-state index contributed by atoms with van der Waals surface area (Å²) in [6.45, 7) is 1.92. The molecule has 2 aromatic rings. The van der Waals surface area contributed by atoms with Crippen molar-refractivity contribution in [3.63, 3.8) is 0 Å². The first kappa shape index (κ1) is 19.4. The molecule has 2 aromatic carbocycles. The van der Waals surface area contributed by atoms with Gasteiger partial charge in [0.2, 0.25) is 11.8 Å². The summed E-state index contributed by atoms with van der Waals surface area (Å²) in [4.78, 5) is 36.3. The summed E-state index contributed by atoms with van der Waals surface area (Å²) in [6.07, 6.45) is 0.492. The van der Waals surface area contributed by atoms with Crippen molar-refractivity contribution >= 4 is 29.2 Å². The first-order valence-corrected chi connectivity index (χ1v) is 8.87. The van der Waals surface area contributed by atoms with Gasteiger partial charge < -0.3 is 20.1 Å². The standard InChI is InChI=1S/C21H22N2O5/c1-12-4-9-18(27-2)17(10-12)23-20(25)16-11-15(16)19(24)22-14-7-5-13(6-8-14)21(26)28-3/h4-10,15-16H,11H2,1-3H3,(H,22,24)(H,23,25). The number of amides is 2. The molecule has 3 rings (SSSR count). The van der Waals surface area contributed by atoms with Crippen molar-refractivity contribution in [2.24, 2.45) is 11.8 Å². The van der Waals surface area contributed by atoms with Crippen LogP contribution >= 0.6 is 0 Å². The SMILES string of the molecule is COC(=O)c1ccc(NC(=O)C2CC2C(=O)Nc2cc(C)ccc2OC)cc1. The van der Waals surface area contributed by atoms with Gasteiger partial charge in [0.05, 0.1) is 37.3 Å². The zero-order chi connectivity index (χ0) is 20.3. The van der Waals surface area contributed by atoms with Crippen LogP contribution in [0.3, 0.4) is 0 Å². The van der Waals surface area contributed by atoms with Crippen LogP contribution in [0.25, 0.3) is 0 Å². The molecule has 2 atom stereocenters. The minimum atomic E-state index is -0.441. The Morgan fingerprint density at radius 3 is 2.18 bits per heavy atom. The van der Waals surface area contributed by atoms with Gasteiger partial charge >= 0.3 is 5.97 Å². The Balaban J connectivity index is 1.57. The number of rotatable bonds is 6. The van der Waals surface area contributed by atoms with Crippen LogP contribution in [0.2, 0.25) is 0 Å². The van der Waals surface area contributed by atoms with Crippen molar-refractivity contribution in [2.45, 2.75) is 13.3 Å². The fourth-order valence-electron chi connectivity index (χ4n) is 2.96. The third-order valence-electron chi connectivity index (χ3n) is 4.65. The third-order valence-corrected chi connectivity index (χ3v) is 4.65. The predicted octanol–water partition coefficient (Wildman–Crippen LogP) is 3.00. The molecular weight excluding hydrogens is 360 g/mol. The van der Waals surface area contributed by atoms with Gasteiger partial charge in [0, 0.05) is 5.69 Å². The van der Waals surface area contributed by atoms with Gasteiger partial charge in [-0.25, -0.2) is 4.79 Å². The molecule has 146 valence electrons. The molecule has 0 bridgehead atoms. The smallest absolute Gasteiger partial charge is 0.337 e. The van der Waals surface area contributed by atoms with E-state index in [4.69, 9.17) is 4.74 Å². The second-order valence-electron chi connectivity index (χ2n) is 6.70. The van der Waals surface area contributed by atoms with E-state index >= 15 is 0 Å². The lowest BCUT2D eigenvalue weighted by molar-refractivity contribution is -0.122. The number of carbonyl (C=O) groups excluding carboxylic acids is 3. The highest BCUT2D eigenvalue weighted by Crippen LogP contribution is 2.41. The van der Waals surface area contributed by atoms with E-state index in [1.54, 1.807) is 37.4 Å². The Morgan fingerprint density at radius 1 is 0.929 bits per heavy atom. The monoisotopic (exact) mass is 382 g/mol. The van der Waals surface area contributed by atoms with E-state index in [-0.39, 0.29) is 23.7 Å². The van der Waals surface area contributed by atoms with Crippen molar-refractivity contribution in [2.75, 3.05) is 24.9 Å². The van der Waals surface area contributed by atoms with Crippen LogP contribution in [-0.2, 0) is 14.3 Å². The van der Waals surface area contributed by atoms with E-state index in [0.717, 1.165) is 5.56 Å². The Hall–Kier alpha value is -3.35. The van der Waals surface area contributed by atoms with Gasteiger partial charge in [-0.1, -0.05) is 6.07 Å². The number of methoxy groups -OCH3 is 2. The molecule has 1 aliphatic carbocycles. The van der Waals surface area contributed by atoms with E-state index in [9.17, 15) is 14.4 Å². The number of carbonyl (C=O) groups is 3. The molecular formula is C21H22N2O5. The molecule has 7 heteroatoms. The number of hydrogen-bond donors (Lipinski definition) is 2. The van der Waals surface area contributed by atoms with Gasteiger partial charge in [0.25, 0.3) is 0 Å². The molecule has 0 spiro atoms. The highest BCUT2D eigenvalue weighted by atomic mass is 16.5. The zero-order valence-electron chi connectivity index (χ0n) is 15.9. The number of anilines is 2. The van der Waals surface area contributed by atoms with Gasteiger partial charge in [0.15, 0.2) is 0 Å². The average molecular weight is 382 g/mol. The van der Waals surface area contributed by atoms with Crippen molar-refractivity contribution in [3.8, 4) is 5.75 Å². The van der Waals surface area contributed by atoms with Crippen LogP contribution in [-0.4, -0.2) is 32.0 Å². The first-order valence-electron chi connectivity index (χ1n) is 8.87. The molecule has 0 saturated heterocycles. The van der Waals surface area contributed by atoms with Crippen LogP contribution in [0.1, 0.15) is 22.3 Å². The van der Waals surface area contributed by atoms with Crippen LogP contribution in [0, 0.1) is 18.8 Å². The van der Waals surface area contributed by atoms with Crippen molar-refractivity contribution in [1.29, 1.82) is 0 Å². The van der Waals surface area contributed by atoms with Gasteiger partial charge in [-0.2, -0.15) is 0 Å². The lowest BCUT2D eigenvalue weighted by atomic mass is 10.2. The molecule has 1 aliphatic rings. The molecule has 1 saturated carbocycles. The molecule has 2 amide bonds. The summed E-state index contributed by atoms with van der Waals surface area (Å²) in [5, 5.41) is 5.62. The Morgan fingerprint density at radius 2 is 1.57 bits per heavy atom. The topological polar surface area (TPSA) is 93.7 Å². The maximum atomic E-state index is 12.5. The molecule has 28 heavy (non-hydrogen) atoms. The van der Waals surface area contributed by atoms with E-state index in [0.29, 0.717) is 29.1 Å². The minimum absolute atomic E-state index is 0.204. The lowest BCUT2D eigenvalue weighted by Crippen LogP contribution is -2.21. The Bertz CT molecular complexity index is 908. The molecule has 0 radical (unpaired) electrons. The van der Waals surface area contributed by atoms with Crippen LogP contribution in [0.15, 0.2) is 42.5 Å². The van der Waals surface area contributed by atoms with Crippen LogP contribution in [0.4, 0.5) is 11.4 Å². The van der Waals surface area contributed by atoms with Crippen molar-refractivity contribution in [1.82, 2.24) is 0 Å². The zero-order valence-corrected chi connectivity index (χ0v) is 15.9. The van der Waals surface area contributed by atoms with E-state index < -0.39 is 5.97 Å². The molecule has 0 heterocycles. The lowest BCUT2D eigenvalue weighted by Gasteiger charge is -2.11. The maximum Gasteiger partial charge on any atom is 0.337 e. The molecule has 7 nitrogen and oxygen atoms in total. The summed E-state index contributed by atoms with van der Waals surface area (Å²) in [6, 6.07) is 11.9. The molecule has 0 aromatic heterocycles. The molecule has 0 aliphatic heterocycles. The number of aryl methyl sites for hydroxylation is 1. The number of nitrogens with one attached hydrogen (secondary N) is 2. The fourth-order valence-corrected chi connectivity index (χ4v) is 2.96. The summed E-state index contributed by atoms with van der Waals surface area (Å²) in [5.74, 6) is -1.04. The molecule has 1 fully saturated rings. The quantitative estimate of drug-likeness (QED) is 0.749. The number of benzene rings is 2. The normalized spacial score (nSPS) is 17.4. The van der Waals surface area contributed by atoms with E-state index in [2.05, 4.69) is 15.4 Å². The Labute approximate surface area is 163 Å². The fraction of sp³-hybridized carbons (Fsp3) is 0.286. The van der Waals surface area contributed by atoms with E-state index in [1.807, 2.05) is 19.1 Å². The number of ether oxygens (including phenoxy) is 2. The van der Waals surface area contributed by atoms with E-state index in [1.165, 1.54) is 7.11 Å². The molecule has 2 N–H and O–H groups in total. The number of esters is 1. The summed E-state index contributed by atoms with van der Waals surface area (Å²) in [7, 11) is 2.85. The summed E-state index contributed by atoms with van der Waals surface area (Å²) in [5.41, 5.74) is 2.55. The van der Waals surface area contributed by atoms with Gasteiger partial charge in [-0.05, 0) is 55.3 Å². The third kappa shape index (κ3) is 4.31. The maximum absolute atomic E-state index is 12.5. The second kappa shape index (κ2) is 8.12. The second-order valence-corrected chi connectivity index (χ2v) is 6.70. The molecule has 2 unspecified atom stereocenters. The van der Waals surface area contributed by atoms with Crippen molar-refractivity contribution in [3.05, 3.63) is 53.6 Å². The number of hydrogen-bond acceptors (Lipinski definition) is 5. The van der Waals surface area contributed by atoms with Crippen molar-refractivity contribution < 1.29 is 23.9 Å².